The molecule has 0 atom stereocenters. The van der Waals surface area contributed by atoms with Crippen LogP contribution in [0.1, 0.15) is 11.1 Å². The highest BCUT2D eigenvalue weighted by molar-refractivity contribution is 9.10. The summed E-state index contributed by atoms with van der Waals surface area (Å²) in [5.41, 5.74) is -1.07. The molecule has 0 aliphatic carbocycles. The van der Waals surface area contributed by atoms with Gasteiger partial charge in [-0.15, -0.1) is 0 Å². The minimum absolute atomic E-state index is 0.00143. The maximum absolute atomic E-state index is 13.1. The van der Waals surface area contributed by atoms with E-state index < -0.39 is 34.1 Å². The van der Waals surface area contributed by atoms with Crippen LogP contribution >= 0.6 is 15.9 Å². The fraction of sp³-hybridized carbons (Fsp3) is 0.200. The molecular formula is C15H12BrF4NO2S. The van der Waals surface area contributed by atoms with Crippen molar-refractivity contribution in [1.29, 1.82) is 0 Å². The summed E-state index contributed by atoms with van der Waals surface area (Å²) in [6.07, 6.45) is -4.59. The highest BCUT2D eigenvalue weighted by Gasteiger charge is 2.34. The van der Waals surface area contributed by atoms with Crippen LogP contribution in [0.15, 0.2) is 51.8 Å². The number of sulfonamides is 1. The van der Waals surface area contributed by atoms with E-state index in [9.17, 15) is 26.0 Å². The largest absolute Gasteiger partial charge is 0.416 e. The van der Waals surface area contributed by atoms with E-state index in [-0.39, 0.29) is 14.9 Å². The molecule has 2 rings (SSSR count). The van der Waals surface area contributed by atoms with E-state index in [1.165, 1.54) is 18.2 Å². The Morgan fingerprint density at radius 2 is 1.75 bits per heavy atom. The lowest BCUT2D eigenvalue weighted by molar-refractivity contribution is -0.138. The van der Waals surface area contributed by atoms with Crippen LogP contribution in [0.3, 0.4) is 0 Å². The third kappa shape index (κ3) is 3.96. The first-order valence-corrected chi connectivity index (χ1v) is 8.83. The zero-order chi connectivity index (χ0) is 18.1. The van der Waals surface area contributed by atoms with Gasteiger partial charge in [-0.25, -0.2) is 12.8 Å². The predicted molar refractivity (Wildman–Crippen MR) is 84.2 cm³/mol. The van der Waals surface area contributed by atoms with Crippen LogP contribution < -0.4 is 0 Å². The van der Waals surface area contributed by atoms with E-state index in [2.05, 4.69) is 15.9 Å². The summed E-state index contributed by atoms with van der Waals surface area (Å²) < 4.78 is 78.0. The van der Waals surface area contributed by atoms with Gasteiger partial charge >= 0.3 is 6.18 Å². The summed E-state index contributed by atoms with van der Waals surface area (Å²) in [6.45, 7) is -0.470. The molecule has 0 saturated carbocycles. The molecule has 0 aliphatic heterocycles. The van der Waals surface area contributed by atoms with Gasteiger partial charge in [0.05, 0.1) is 10.5 Å². The molecule has 0 amide bonds. The molecule has 0 bridgehead atoms. The number of hydrogen-bond donors (Lipinski definition) is 0. The molecule has 0 unspecified atom stereocenters. The van der Waals surface area contributed by atoms with Gasteiger partial charge in [-0.2, -0.15) is 17.5 Å². The average molecular weight is 426 g/mol. The minimum atomic E-state index is -4.59. The lowest BCUT2D eigenvalue weighted by Crippen LogP contribution is -2.28. The molecule has 0 heterocycles. The number of nitrogens with zero attached hydrogens (tertiary/aromatic N) is 1. The molecule has 0 fully saturated rings. The van der Waals surface area contributed by atoms with E-state index in [0.717, 1.165) is 35.6 Å². The number of rotatable bonds is 4. The Hall–Kier alpha value is -1.45. The van der Waals surface area contributed by atoms with Crippen LogP contribution in [0.4, 0.5) is 17.6 Å². The Morgan fingerprint density at radius 1 is 1.12 bits per heavy atom. The van der Waals surface area contributed by atoms with Crippen molar-refractivity contribution in [1.82, 2.24) is 4.31 Å². The lowest BCUT2D eigenvalue weighted by atomic mass is 10.1. The van der Waals surface area contributed by atoms with Crippen molar-refractivity contribution in [3.05, 3.63) is 63.9 Å². The number of halogens is 5. The van der Waals surface area contributed by atoms with Crippen LogP contribution in [-0.4, -0.2) is 19.8 Å². The maximum Gasteiger partial charge on any atom is 0.416 e. The normalized spacial score (nSPS) is 12.6. The minimum Gasteiger partial charge on any atom is -0.207 e. The molecule has 2 aromatic carbocycles. The van der Waals surface area contributed by atoms with Gasteiger partial charge in [0.2, 0.25) is 10.0 Å². The van der Waals surface area contributed by atoms with Crippen molar-refractivity contribution in [3.63, 3.8) is 0 Å². The predicted octanol–water partition coefficient (Wildman–Crippen LogP) is 4.43. The SMILES string of the molecule is CN(Cc1ccccc1C(F)(F)F)S(=O)(=O)c1ccc(F)cc1Br. The summed E-state index contributed by atoms with van der Waals surface area (Å²) in [5.74, 6) is -0.633. The van der Waals surface area contributed by atoms with Gasteiger partial charge in [0.1, 0.15) is 5.82 Å². The van der Waals surface area contributed by atoms with Gasteiger partial charge in [0, 0.05) is 18.1 Å². The number of hydrogen-bond acceptors (Lipinski definition) is 2. The van der Waals surface area contributed by atoms with Crippen LogP contribution in [0, 0.1) is 5.82 Å². The van der Waals surface area contributed by atoms with E-state index in [1.54, 1.807) is 0 Å². The second-order valence-corrected chi connectivity index (χ2v) is 7.86. The fourth-order valence-electron chi connectivity index (χ4n) is 2.11. The lowest BCUT2D eigenvalue weighted by Gasteiger charge is -2.20. The summed E-state index contributed by atoms with van der Waals surface area (Å²) >= 11 is 2.96. The quantitative estimate of drug-likeness (QED) is 0.679. The van der Waals surface area contributed by atoms with Crippen LogP contribution in [0.5, 0.6) is 0 Å². The van der Waals surface area contributed by atoms with Crippen LogP contribution in [0.2, 0.25) is 0 Å². The Bertz CT molecular complexity index is 853. The van der Waals surface area contributed by atoms with Gasteiger partial charge < -0.3 is 0 Å². The molecule has 0 N–H and O–H groups in total. The van der Waals surface area contributed by atoms with E-state index >= 15 is 0 Å². The van der Waals surface area contributed by atoms with Crippen molar-refractivity contribution < 1.29 is 26.0 Å². The summed E-state index contributed by atoms with van der Waals surface area (Å²) in [6, 6.07) is 7.74. The van der Waals surface area contributed by atoms with Crippen molar-refractivity contribution in [2.75, 3.05) is 7.05 Å². The Balaban J connectivity index is 2.38. The third-order valence-corrected chi connectivity index (χ3v) is 6.08. The van der Waals surface area contributed by atoms with Gasteiger partial charge in [0.15, 0.2) is 0 Å². The van der Waals surface area contributed by atoms with Crippen molar-refractivity contribution in [2.24, 2.45) is 0 Å². The molecule has 2 aromatic rings. The highest BCUT2D eigenvalue weighted by atomic mass is 79.9. The molecule has 0 radical (unpaired) electrons. The van der Waals surface area contributed by atoms with Gasteiger partial charge in [0.25, 0.3) is 0 Å². The number of alkyl halides is 3. The Kier molecular flexibility index (Phi) is 5.36. The molecule has 0 aliphatic rings. The molecule has 0 spiro atoms. The summed E-state index contributed by atoms with van der Waals surface area (Å²) in [5, 5.41) is 0. The summed E-state index contributed by atoms with van der Waals surface area (Å²) in [7, 11) is -2.93. The molecule has 9 heteroatoms. The zero-order valence-corrected chi connectivity index (χ0v) is 14.7. The van der Waals surface area contributed by atoms with E-state index in [1.807, 2.05) is 0 Å². The van der Waals surface area contributed by atoms with Crippen molar-refractivity contribution in [2.45, 2.75) is 17.6 Å². The first kappa shape index (κ1) is 18.9. The van der Waals surface area contributed by atoms with Crippen LogP contribution in [-0.2, 0) is 22.7 Å². The molecule has 3 nitrogen and oxygen atoms in total. The van der Waals surface area contributed by atoms with Gasteiger partial charge in [-0.1, -0.05) is 18.2 Å². The number of benzene rings is 2. The molecule has 24 heavy (non-hydrogen) atoms. The third-order valence-electron chi connectivity index (χ3n) is 3.30. The molecule has 0 saturated heterocycles. The van der Waals surface area contributed by atoms with E-state index in [4.69, 9.17) is 0 Å². The van der Waals surface area contributed by atoms with Crippen LogP contribution in [0.25, 0.3) is 0 Å². The zero-order valence-electron chi connectivity index (χ0n) is 12.3. The second-order valence-electron chi connectivity index (χ2n) is 4.99. The molecular weight excluding hydrogens is 414 g/mol. The molecule has 0 aromatic heterocycles. The van der Waals surface area contributed by atoms with Crippen molar-refractivity contribution >= 4 is 26.0 Å². The monoisotopic (exact) mass is 425 g/mol. The Morgan fingerprint density at radius 3 is 2.33 bits per heavy atom. The smallest absolute Gasteiger partial charge is 0.207 e. The standard InChI is InChI=1S/C15H12BrF4NO2S/c1-21(9-10-4-2-3-5-12(10)15(18,19)20)24(22,23)14-7-6-11(17)8-13(14)16/h2-8H,9H2,1H3. The Labute approximate surface area is 145 Å². The average Bonchev–Trinajstić information content (AvgIpc) is 2.46. The summed E-state index contributed by atoms with van der Waals surface area (Å²) in [4.78, 5) is -0.226. The topological polar surface area (TPSA) is 37.4 Å². The fourth-order valence-corrected chi connectivity index (χ4v) is 4.27. The van der Waals surface area contributed by atoms with Gasteiger partial charge in [-0.05, 0) is 45.8 Å². The second kappa shape index (κ2) is 6.81. The van der Waals surface area contributed by atoms with Crippen molar-refractivity contribution in [3.8, 4) is 0 Å². The maximum atomic E-state index is 13.1. The first-order valence-electron chi connectivity index (χ1n) is 6.60. The molecule has 130 valence electrons. The highest BCUT2D eigenvalue weighted by Crippen LogP contribution is 2.33. The van der Waals surface area contributed by atoms with Gasteiger partial charge in [-0.3, -0.25) is 0 Å². The first-order chi connectivity index (χ1) is 11.0. The van der Waals surface area contributed by atoms with E-state index in [0.29, 0.717) is 0 Å².